The summed E-state index contributed by atoms with van der Waals surface area (Å²) in [6, 6.07) is 10.1. The molecule has 2 nitrogen and oxygen atoms in total. The lowest BCUT2D eigenvalue weighted by molar-refractivity contribution is 0.0172. The van der Waals surface area contributed by atoms with E-state index in [0.29, 0.717) is 25.0 Å². The predicted octanol–water partition coefficient (Wildman–Crippen LogP) is 6.64. The minimum atomic E-state index is -0.541. The third-order valence-electron chi connectivity index (χ3n) is 5.36. The van der Waals surface area contributed by atoms with Crippen LogP contribution in [0.15, 0.2) is 36.4 Å². The summed E-state index contributed by atoms with van der Waals surface area (Å²) in [5.74, 6) is -1.02. The first-order valence-electron chi connectivity index (χ1n) is 10.9. The number of halogens is 2. The second-order valence-electron chi connectivity index (χ2n) is 9.39. The number of aryl methyl sites for hydroxylation is 3. The fourth-order valence-electron chi connectivity index (χ4n) is 3.99. The van der Waals surface area contributed by atoms with E-state index in [-0.39, 0.29) is 11.5 Å². The molecule has 0 radical (unpaired) electrons. The molecule has 4 heteroatoms. The van der Waals surface area contributed by atoms with Gasteiger partial charge in [0.25, 0.3) is 0 Å². The zero-order chi connectivity index (χ0) is 22.3. The number of ether oxygens (including phenoxy) is 1. The maximum absolute atomic E-state index is 13.9. The summed E-state index contributed by atoms with van der Waals surface area (Å²) in [4.78, 5) is 2.44. The molecule has 166 valence electrons. The van der Waals surface area contributed by atoms with Crippen LogP contribution in [0.25, 0.3) is 0 Å². The highest BCUT2D eigenvalue weighted by atomic mass is 19.1. The summed E-state index contributed by atoms with van der Waals surface area (Å²) in [6.07, 6.45) is 1.19. The van der Waals surface area contributed by atoms with Crippen LogP contribution in [0.5, 0.6) is 0 Å². The van der Waals surface area contributed by atoms with E-state index in [1.807, 2.05) is 0 Å². The summed E-state index contributed by atoms with van der Waals surface area (Å²) < 4.78 is 33.4. The van der Waals surface area contributed by atoms with Crippen molar-refractivity contribution in [3.05, 3.63) is 70.3 Å². The highest BCUT2D eigenvalue weighted by Gasteiger charge is 2.23. The molecule has 0 saturated carbocycles. The number of hydrogen-bond acceptors (Lipinski definition) is 2. The second kappa shape index (κ2) is 11.0. The Morgan fingerprint density at radius 3 is 2.27 bits per heavy atom. The molecule has 1 atom stereocenters. The van der Waals surface area contributed by atoms with Crippen LogP contribution in [0.2, 0.25) is 0 Å². The third kappa shape index (κ3) is 7.48. The van der Waals surface area contributed by atoms with Gasteiger partial charge < -0.3 is 9.64 Å². The van der Waals surface area contributed by atoms with Crippen molar-refractivity contribution in [3.63, 3.8) is 0 Å². The Morgan fingerprint density at radius 2 is 1.70 bits per heavy atom. The monoisotopic (exact) mass is 417 g/mol. The minimum Gasteiger partial charge on any atom is -0.372 e. The number of hydrogen-bond donors (Lipinski definition) is 0. The van der Waals surface area contributed by atoms with Crippen LogP contribution in [-0.2, 0) is 11.2 Å². The third-order valence-corrected chi connectivity index (χ3v) is 5.36. The molecule has 0 aromatic heterocycles. The van der Waals surface area contributed by atoms with Gasteiger partial charge in [-0.1, -0.05) is 52.0 Å². The number of likely N-dealkylation sites (N-methyl/N-ethyl adjacent to an activating group) is 1. The van der Waals surface area contributed by atoms with Crippen LogP contribution in [0.1, 0.15) is 62.5 Å². The average Bonchev–Trinajstić information content (AvgIpc) is 2.64. The van der Waals surface area contributed by atoms with Gasteiger partial charge in [-0.15, -0.1) is 0 Å². The van der Waals surface area contributed by atoms with Crippen molar-refractivity contribution in [2.45, 2.75) is 60.5 Å². The molecule has 2 aromatic rings. The van der Waals surface area contributed by atoms with Crippen LogP contribution in [0.4, 0.5) is 8.78 Å². The smallest absolute Gasteiger partial charge is 0.129 e. The first kappa shape index (κ1) is 24.5. The molecule has 0 bridgehead atoms. The Labute approximate surface area is 181 Å². The van der Waals surface area contributed by atoms with Crippen LogP contribution < -0.4 is 0 Å². The predicted molar refractivity (Wildman–Crippen MR) is 121 cm³/mol. The topological polar surface area (TPSA) is 12.5 Å². The van der Waals surface area contributed by atoms with Gasteiger partial charge in [-0.25, -0.2) is 8.78 Å². The Morgan fingerprint density at radius 1 is 1.03 bits per heavy atom. The highest BCUT2D eigenvalue weighted by molar-refractivity contribution is 5.35. The molecule has 0 saturated heterocycles. The summed E-state index contributed by atoms with van der Waals surface area (Å²) in [5.41, 5.74) is 4.46. The largest absolute Gasteiger partial charge is 0.372 e. The molecule has 0 fully saturated rings. The molecule has 1 unspecified atom stereocenters. The van der Waals surface area contributed by atoms with Gasteiger partial charge in [0.15, 0.2) is 0 Å². The van der Waals surface area contributed by atoms with E-state index in [1.54, 1.807) is 0 Å². The van der Waals surface area contributed by atoms with E-state index in [4.69, 9.17) is 4.74 Å². The summed E-state index contributed by atoms with van der Waals surface area (Å²) in [7, 11) is 0. The standard InChI is InChI=1S/C26H37F2NO/c1-7-29(18-26(4,5)6)17-24(25-19(2)10-8-11-20(25)3)30-15-9-12-21-13-14-22(27)16-23(21)28/h8,10-11,13-14,16,24H,7,9,12,15,17-18H2,1-6H3. The fraction of sp³-hybridized carbons (Fsp3) is 0.538. The van der Waals surface area contributed by atoms with Crippen molar-refractivity contribution < 1.29 is 13.5 Å². The second-order valence-corrected chi connectivity index (χ2v) is 9.39. The number of benzene rings is 2. The molecule has 2 aromatic carbocycles. The first-order chi connectivity index (χ1) is 14.1. The molecule has 0 amide bonds. The Hall–Kier alpha value is -1.78. The molecule has 30 heavy (non-hydrogen) atoms. The van der Waals surface area contributed by atoms with Crippen molar-refractivity contribution in [1.29, 1.82) is 0 Å². The van der Waals surface area contributed by atoms with Crippen molar-refractivity contribution in [2.75, 3.05) is 26.2 Å². The number of nitrogens with zero attached hydrogens (tertiary/aromatic N) is 1. The molecule has 2 rings (SSSR count). The van der Waals surface area contributed by atoms with Gasteiger partial charge in [-0.05, 0) is 67.0 Å². The average molecular weight is 418 g/mol. The summed E-state index contributed by atoms with van der Waals surface area (Å²) in [5, 5.41) is 0. The van der Waals surface area contributed by atoms with Gasteiger partial charge in [0, 0.05) is 25.8 Å². The lowest BCUT2D eigenvalue weighted by atomic mass is 9.94. The van der Waals surface area contributed by atoms with E-state index in [0.717, 1.165) is 25.7 Å². The van der Waals surface area contributed by atoms with E-state index in [9.17, 15) is 8.78 Å². The molecule has 0 aliphatic carbocycles. The van der Waals surface area contributed by atoms with E-state index >= 15 is 0 Å². The molecule has 0 aliphatic rings. The van der Waals surface area contributed by atoms with Crippen LogP contribution in [0, 0.1) is 30.9 Å². The van der Waals surface area contributed by atoms with Gasteiger partial charge in [-0.3, -0.25) is 0 Å². The normalized spacial score (nSPS) is 13.1. The zero-order valence-electron chi connectivity index (χ0n) is 19.4. The Bertz CT molecular complexity index is 793. The van der Waals surface area contributed by atoms with Gasteiger partial charge in [-0.2, -0.15) is 0 Å². The quantitative estimate of drug-likeness (QED) is 0.402. The van der Waals surface area contributed by atoms with Crippen molar-refractivity contribution >= 4 is 0 Å². The highest BCUT2D eigenvalue weighted by Crippen LogP contribution is 2.28. The van der Waals surface area contributed by atoms with Gasteiger partial charge in [0.1, 0.15) is 11.6 Å². The lowest BCUT2D eigenvalue weighted by Gasteiger charge is -2.33. The summed E-state index contributed by atoms with van der Waals surface area (Å²) in [6.45, 7) is 16.5. The van der Waals surface area contributed by atoms with Crippen LogP contribution in [-0.4, -0.2) is 31.1 Å². The van der Waals surface area contributed by atoms with Gasteiger partial charge in [0.2, 0.25) is 0 Å². The molecule has 0 spiro atoms. The van der Waals surface area contributed by atoms with Crippen LogP contribution >= 0.6 is 0 Å². The number of rotatable bonds is 10. The van der Waals surface area contributed by atoms with E-state index in [2.05, 4.69) is 64.6 Å². The van der Waals surface area contributed by atoms with Crippen LogP contribution in [0.3, 0.4) is 0 Å². The molecule has 0 heterocycles. The zero-order valence-corrected chi connectivity index (χ0v) is 19.4. The minimum absolute atomic E-state index is 0.0356. The lowest BCUT2D eigenvalue weighted by Crippen LogP contribution is -2.36. The SMILES string of the molecule is CCN(CC(OCCCc1ccc(F)cc1F)c1c(C)cccc1C)CC(C)(C)C. The first-order valence-corrected chi connectivity index (χ1v) is 10.9. The van der Waals surface area contributed by atoms with E-state index < -0.39 is 11.6 Å². The van der Waals surface area contributed by atoms with Crippen molar-refractivity contribution in [3.8, 4) is 0 Å². The fourth-order valence-corrected chi connectivity index (χ4v) is 3.99. The van der Waals surface area contributed by atoms with Gasteiger partial charge in [0.05, 0.1) is 6.10 Å². The molecular formula is C26H37F2NO. The summed E-state index contributed by atoms with van der Waals surface area (Å²) >= 11 is 0. The Balaban J connectivity index is 2.09. The maximum atomic E-state index is 13.9. The van der Waals surface area contributed by atoms with Crippen molar-refractivity contribution in [2.24, 2.45) is 5.41 Å². The maximum Gasteiger partial charge on any atom is 0.129 e. The Kier molecular flexibility index (Phi) is 8.99. The van der Waals surface area contributed by atoms with Crippen molar-refractivity contribution in [1.82, 2.24) is 4.90 Å². The molecular weight excluding hydrogens is 380 g/mol. The molecule has 0 N–H and O–H groups in total. The van der Waals surface area contributed by atoms with Gasteiger partial charge >= 0.3 is 0 Å². The van der Waals surface area contributed by atoms with E-state index in [1.165, 1.54) is 28.8 Å². The molecule has 0 aliphatic heterocycles.